The highest BCUT2D eigenvalue weighted by atomic mass is 28.4. The van der Waals surface area contributed by atoms with Crippen LogP contribution in [0.25, 0.3) is 0 Å². The molecule has 0 saturated carbocycles. The lowest BCUT2D eigenvalue weighted by molar-refractivity contribution is 0.123. The van der Waals surface area contributed by atoms with E-state index in [1.165, 1.54) is 0 Å². The second kappa shape index (κ2) is 21.4. The first-order chi connectivity index (χ1) is 19.6. The van der Waals surface area contributed by atoms with Crippen molar-refractivity contribution in [3.8, 4) is 0 Å². The summed E-state index contributed by atoms with van der Waals surface area (Å²) in [6.07, 6.45) is 3.83. The van der Waals surface area contributed by atoms with Crippen LogP contribution in [0.1, 0.15) is 25.7 Å². The summed E-state index contributed by atoms with van der Waals surface area (Å²) in [5, 5.41) is 0. The van der Waals surface area contributed by atoms with Crippen LogP contribution in [0.4, 0.5) is 0 Å². The Bertz CT molecular complexity index is 508. The molecule has 0 atom stereocenters. The summed E-state index contributed by atoms with van der Waals surface area (Å²) in [5.41, 5.74) is 0. The number of rotatable bonds is 28. The molecule has 0 aliphatic heterocycles. The van der Waals surface area contributed by atoms with E-state index in [9.17, 15) is 0 Å². The van der Waals surface area contributed by atoms with Crippen LogP contribution in [0.5, 0.6) is 0 Å². The molecule has 0 aromatic rings. The second-order valence-corrected chi connectivity index (χ2v) is 27.5. The largest absolute Gasteiger partial charge is 0.500 e. The molecule has 248 valence electrons. The van der Waals surface area contributed by atoms with E-state index >= 15 is 0 Å². The third kappa shape index (κ3) is 12.9. The minimum absolute atomic E-state index is 0.762. The van der Waals surface area contributed by atoms with E-state index in [1.54, 1.807) is 85.3 Å². The van der Waals surface area contributed by atoms with Crippen molar-refractivity contribution in [1.29, 1.82) is 0 Å². The zero-order valence-electron chi connectivity index (χ0n) is 27.9. The molecule has 0 saturated heterocycles. The van der Waals surface area contributed by atoms with Crippen molar-refractivity contribution in [2.24, 2.45) is 0 Å². The summed E-state index contributed by atoms with van der Waals surface area (Å²) >= 11 is 0. The highest BCUT2D eigenvalue weighted by Crippen LogP contribution is 2.38. The molecule has 0 heterocycles. The molecule has 41 heavy (non-hydrogen) atoms. The van der Waals surface area contributed by atoms with Crippen molar-refractivity contribution < 1.29 is 53.1 Å². The maximum absolute atomic E-state index is 5.74. The van der Waals surface area contributed by atoms with E-state index in [4.69, 9.17) is 53.1 Å². The molecule has 12 nitrogen and oxygen atoms in total. The fourth-order valence-corrected chi connectivity index (χ4v) is 19.2. The maximum Gasteiger partial charge on any atom is 0.500 e. The summed E-state index contributed by atoms with van der Waals surface area (Å²) in [6.45, 7) is 0. The average molecular weight is 681 g/mol. The molecular formula is C24H60O12Si5. The molecule has 0 bridgehead atoms. The molecule has 0 aliphatic rings. The highest BCUT2D eigenvalue weighted by molar-refractivity contribution is 6.80. The lowest BCUT2D eigenvalue weighted by Crippen LogP contribution is -2.46. The molecule has 0 N–H and O–H groups in total. The van der Waals surface area contributed by atoms with Gasteiger partial charge in [0.05, 0.1) is 8.07 Å². The van der Waals surface area contributed by atoms with Gasteiger partial charge in [-0.05, 0) is 0 Å². The SMILES string of the molecule is CO[Si](CCC[Si](CCC[Si](OC)(OC)OC)(CCC[Si](OC)(OC)OC)CCC[Si](OC)(OC)OC)(OC)OC. The van der Waals surface area contributed by atoms with E-state index in [1.807, 2.05) is 0 Å². The fraction of sp³-hybridized carbons (Fsp3) is 1.00. The first kappa shape index (κ1) is 41.6. The van der Waals surface area contributed by atoms with E-state index in [-0.39, 0.29) is 0 Å². The number of hydrogen-bond donors (Lipinski definition) is 0. The summed E-state index contributed by atoms with van der Waals surface area (Å²) in [7, 11) is 7.35. The Hall–Kier alpha value is 0.604. The van der Waals surface area contributed by atoms with Gasteiger partial charge < -0.3 is 53.1 Å². The fourth-order valence-electron chi connectivity index (χ4n) is 5.69. The van der Waals surface area contributed by atoms with Crippen molar-refractivity contribution in [3.63, 3.8) is 0 Å². The lowest BCUT2D eigenvalue weighted by atomic mass is 10.5. The topological polar surface area (TPSA) is 111 Å². The smallest absolute Gasteiger partial charge is 0.377 e. The Morgan fingerprint density at radius 3 is 0.512 bits per heavy atom. The van der Waals surface area contributed by atoms with Gasteiger partial charge in [-0.1, -0.05) is 49.9 Å². The molecule has 0 rings (SSSR count). The van der Waals surface area contributed by atoms with Crippen LogP contribution in [0.15, 0.2) is 0 Å². The van der Waals surface area contributed by atoms with Crippen LogP contribution in [-0.2, 0) is 53.1 Å². The highest BCUT2D eigenvalue weighted by Gasteiger charge is 2.44. The van der Waals surface area contributed by atoms with E-state index in [0.29, 0.717) is 0 Å². The van der Waals surface area contributed by atoms with E-state index < -0.39 is 43.3 Å². The molecule has 0 aliphatic carbocycles. The van der Waals surface area contributed by atoms with Crippen molar-refractivity contribution in [2.45, 2.75) is 74.0 Å². The Morgan fingerprint density at radius 2 is 0.390 bits per heavy atom. The lowest BCUT2D eigenvalue weighted by Gasteiger charge is -2.36. The Labute approximate surface area is 255 Å². The van der Waals surface area contributed by atoms with E-state index in [0.717, 1.165) is 74.0 Å². The predicted octanol–water partition coefficient (Wildman–Crippen LogP) is 4.51. The molecule has 0 unspecified atom stereocenters. The van der Waals surface area contributed by atoms with Crippen molar-refractivity contribution in [2.75, 3.05) is 85.3 Å². The van der Waals surface area contributed by atoms with Crippen LogP contribution in [0.2, 0.25) is 48.4 Å². The maximum atomic E-state index is 5.74. The van der Waals surface area contributed by atoms with Gasteiger partial charge in [0, 0.05) is 109 Å². The summed E-state index contributed by atoms with van der Waals surface area (Å²) < 4.78 is 68.8. The molecule has 17 heteroatoms. The Balaban J connectivity index is 6.15. The molecular weight excluding hydrogens is 621 g/mol. The van der Waals surface area contributed by atoms with Gasteiger partial charge >= 0.3 is 35.2 Å². The van der Waals surface area contributed by atoms with Gasteiger partial charge in [0.2, 0.25) is 0 Å². The Morgan fingerprint density at radius 1 is 0.244 bits per heavy atom. The molecule has 0 radical (unpaired) electrons. The predicted molar refractivity (Wildman–Crippen MR) is 170 cm³/mol. The standard InChI is InChI=1S/C24H60O12Si5/c1-25-38(26-2,27-3)21-13-17-37(18-14-22-39(28-4,29-5)30-6,19-15-23-40(31-7,32-8)33-9)20-16-24-41(34-10,35-11)36-12/h13-24H2,1-12H3. The van der Waals surface area contributed by atoms with Crippen LogP contribution in [-0.4, -0.2) is 129 Å². The first-order valence-corrected chi connectivity index (χ1v) is 24.7. The van der Waals surface area contributed by atoms with Gasteiger partial charge in [-0.2, -0.15) is 0 Å². The monoisotopic (exact) mass is 680 g/mol. The zero-order valence-corrected chi connectivity index (χ0v) is 32.9. The van der Waals surface area contributed by atoms with Gasteiger partial charge in [-0.3, -0.25) is 0 Å². The first-order valence-electron chi connectivity index (χ1n) is 14.2. The van der Waals surface area contributed by atoms with Crippen molar-refractivity contribution >= 4 is 43.3 Å². The minimum atomic E-state index is -2.69. The molecule has 0 aromatic carbocycles. The quantitative estimate of drug-likeness (QED) is 0.109. The second-order valence-electron chi connectivity index (χ2n) is 10.1. The van der Waals surface area contributed by atoms with E-state index in [2.05, 4.69) is 0 Å². The van der Waals surface area contributed by atoms with Crippen molar-refractivity contribution in [1.82, 2.24) is 0 Å². The van der Waals surface area contributed by atoms with Gasteiger partial charge in [0.15, 0.2) is 0 Å². The van der Waals surface area contributed by atoms with Gasteiger partial charge in [0.25, 0.3) is 0 Å². The van der Waals surface area contributed by atoms with Crippen LogP contribution >= 0.6 is 0 Å². The summed E-state index contributed by atoms with van der Waals surface area (Å²) in [6, 6.07) is 7.45. The molecule has 0 amide bonds. The van der Waals surface area contributed by atoms with Gasteiger partial charge in [-0.25, -0.2) is 0 Å². The third-order valence-electron chi connectivity index (χ3n) is 8.49. The van der Waals surface area contributed by atoms with Gasteiger partial charge in [0.1, 0.15) is 0 Å². The summed E-state index contributed by atoms with van der Waals surface area (Å²) in [4.78, 5) is 0. The van der Waals surface area contributed by atoms with Crippen molar-refractivity contribution in [3.05, 3.63) is 0 Å². The normalized spacial score (nSPS) is 13.8. The number of hydrogen-bond acceptors (Lipinski definition) is 12. The average Bonchev–Trinajstić information content (AvgIpc) is 3.03. The zero-order chi connectivity index (χ0) is 31.5. The molecule has 0 spiro atoms. The Kier molecular flexibility index (Phi) is 21.7. The van der Waals surface area contributed by atoms with Crippen LogP contribution in [0, 0.1) is 0 Å². The minimum Gasteiger partial charge on any atom is -0.377 e. The third-order valence-corrected chi connectivity index (χ3v) is 25.5. The van der Waals surface area contributed by atoms with Crippen LogP contribution < -0.4 is 0 Å². The van der Waals surface area contributed by atoms with Gasteiger partial charge in [-0.15, -0.1) is 0 Å². The van der Waals surface area contributed by atoms with Crippen LogP contribution in [0.3, 0.4) is 0 Å². The molecule has 0 fully saturated rings. The molecule has 0 aromatic heterocycles. The summed E-state index contributed by atoms with van der Waals surface area (Å²) in [5.74, 6) is 0.